The summed E-state index contributed by atoms with van der Waals surface area (Å²) in [5, 5.41) is 30.0. The van der Waals surface area contributed by atoms with Gasteiger partial charge in [0.05, 0.1) is 12.7 Å². The first kappa shape index (κ1) is 23.5. The van der Waals surface area contributed by atoms with Gasteiger partial charge in [-0.1, -0.05) is 42.0 Å². The number of carboxylic acids is 1. The Morgan fingerprint density at radius 2 is 2.03 bits per heavy atom. The van der Waals surface area contributed by atoms with Crippen molar-refractivity contribution in [1.82, 2.24) is 0 Å². The molecule has 5 atom stereocenters. The van der Waals surface area contributed by atoms with Crippen molar-refractivity contribution in [2.75, 3.05) is 13.2 Å². The number of hydrogen-bond donors (Lipinski definition) is 3. The number of fused-ring (bicyclic) bond motifs is 1. The molecule has 0 aromatic heterocycles. The van der Waals surface area contributed by atoms with Gasteiger partial charge in [-0.15, -0.1) is 0 Å². The van der Waals surface area contributed by atoms with Crippen LogP contribution in [-0.4, -0.2) is 52.3 Å². The minimum absolute atomic E-state index is 0.00763. The molecule has 0 unspecified atom stereocenters. The van der Waals surface area contributed by atoms with E-state index in [2.05, 4.69) is 6.08 Å². The molecule has 1 saturated carbocycles. The molecule has 1 fully saturated rings. The van der Waals surface area contributed by atoms with E-state index in [9.17, 15) is 15.0 Å². The number of para-hydroxylation sites is 1. The molecule has 6 nitrogen and oxygen atoms in total. The number of aliphatic hydroxyl groups is 2. The Morgan fingerprint density at radius 3 is 2.74 bits per heavy atom. The van der Waals surface area contributed by atoms with Crippen LogP contribution in [0, 0.1) is 17.8 Å². The number of allylic oxidation sites excluding steroid dienone is 1. The van der Waals surface area contributed by atoms with Gasteiger partial charge in [0.2, 0.25) is 0 Å². The SMILES string of the molecule is CC(C)(Oc1ccccc1)[C@H](O)/C=C/[C@@H]1[C@H]2CCC(CCOCC(=O)O)=C[C@H]2C[C@H]1O. The van der Waals surface area contributed by atoms with Crippen LogP contribution in [0.5, 0.6) is 5.75 Å². The molecule has 3 N–H and O–H groups in total. The molecule has 0 spiro atoms. The first-order valence-electron chi connectivity index (χ1n) is 11.0. The Bertz CT molecular complexity index is 784. The van der Waals surface area contributed by atoms with Crippen molar-refractivity contribution in [2.45, 2.75) is 57.3 Å². The summed E-state index contributed by atoms with van der Waals surface area (Å²) < 4.78 is 11.1. The standard InChI is InChI=1S/C25H34O6/c1-25(2,31-19-6-4-3-5-7-19)23(27)11-10-21-20-9-8-17(12-13-30-16-24(28)29)14-18(20)15-22(21)26/h3-7,10-11,14,18,20-23,26-27H,8-9,12-13,15-16H2,1-2H3,(H,28,29)/b11-10+/t18-,20-,21+,22+,23+/m0/s1. The third kappa shape index (κ3) is 6.42. The maximum atomic E-state index is 10.7. The molecule has 0 radical (unpaired) electrons. The molecule has 0 saturated heterocycles. The van der Waals surface area contributed by atoms with Crippen molar-refractivity contribution in [3.63, 3.8) is 0 Å². The highest BCUT2D eigenvalue weighted by Crippen LogP contribution is 2.46. The maximum Gasteiger partial charge on any atom is 0.329 e. The average molecular weight is 431 g/mol. The predicted octanol–water partition coefficient (Wildman–Crippen LogP) is 3.59. The molecule has 1 aromatic rings. The van der Waals surface area contributed by atoms with Crippen LogP contribution in [0.25, 0.3) is 0 Å². The van der Waals surface area contributed by atoms with Crippen LogP contribution in [0.3, 0.4) is 0 Å². The molecule has 31 heavy (non-hydrogen) atoms. The van der Waals surface area contributed by atoms with E-state index in [0.29, 0.717) is 30.6 Å². The van der Waals surface area contributed by atoms with Gasteiger partial charge < -0.3 is 24.8 Å². The van der Waals surface area contributed by atoms with Crippen LogP contribution < -0.4 is 4.74 Å². The molecule has 6 heteroatoms. The molecule has 2 aliphatic rings. The van der Waals surface area contributed by atoms with Crippen LogP contribution >= 0.6 is 0 Å². The van der Waals surface area contributed by atoms with Crippen LogP contribution in [0.15, 0.2) is 54.1 Å². The molecule has 0 heterocycles. The van der Waals surface area contributed by atoms with E-state index >= 15 is 0 Å². The second-order valence-corrected chi connectivity index (χ2v) is 9.12. The van der Waals surface area contributed by atoms with Gasteiger partial charge in [0.1, 0.15) is 24.1 Å². The average Bonchev–Trinajstić information content (AvgIpc) is 3.03. The zero-order valence-electron chi connectivity index (χ0n) is 18.3. The van der Waals surface area contributed by atoms with Gasteiger partial charge in [0.25, 0.3) is 0 Å². The summed E-state index contributed by atoms with van der Waals surface area (Å²) in [6.07, 6.45) is 8.07. The lowest BCUT2D eigenvalue weighted by Gasteiger charge is -2.31. The minimum Gasteiger partial charge on any atom is -0.485 e. The van der Waals surface area contributed by atoms with Crippen molar-refractivity contribution < 1.29 is 29.6 Å². The summed E-state index contributed by atoms with van der Waals surface area (Å²) >= 11 is 0. The van der Waals surface area contributed by atoms with Crippen molar-refractivity contribution in [3.8, 4) is 5.75 Å². The summed E-state index contributed by atoms with van der Waals surface area (Å²) in [5.41, 5.74) is 0.483. The lowest BCUT2D eigenvalue weighted by Crippen LogP contribution is -2.41. The first-order chi connectivity index (χ1) is 14.8. The van der Waals surface area contributed by atoms with Gasteiger partial charge >= 0.3 is 5.97 Å². The maximum absolute atomic E-state index is 10.7. The predicted molar refractivity (Wildman–Crippen MR) is 118 cm³/mol. The lowest BCUT2D eigenvalue weighted by molar-refractivity contribution is -0.142. The molecule has 0 bridgehead atoms. The molecule has 1 aromatic carbocycles. The zero-order valence-corrected chi connectivity index (χ0v) is 18.3. The van der Waals surface area contributed by atoms with Crippen molar-refractivity contribution in [2.24, 2.45) is 17.8 Å². The number of benzene rings is 1. The third-order valence-electron chi connectivity index (χ3n) is 6.40. The summed E-state index contributed by atoms with van der Waals surface area (Å²) in [4.78, 5) is 10.5. The van der Waals surface area contributed by atoms with E-state index in [4.69, 9.17) is 14.6 Å². The minimum atomic E-state index is -0.953. The number of hydrogen-bond acceptors (Lipinski definition) is 5. The Balaban J connectivity index is 1.56. The number of ether oxygens (including phenoxy) is 2. The van der Waals surface area contributed by atoms with Crippen LogP contribution in [0.1, 0.15) is 39.5 Å². The number of carbonyl (C=O) groups is 1. The normalized spacial score (nSPS) is 27.0. The highest BCUT2D eigenvalue weighted by molar-refractivity contribution is 5.67. The Hall–Kier alpha value is -2.15. The lowest BCUT2D eigenvalue weighted by atomic mass is 9.78. The van der Waals surface area contributed by atoms with E-state index in [-0.39, 0.29) is 12.5 Å². The summed E-state index contributed by atoms with van der Waals surface area (Å²) in [5.74, 6) is 0.413. The van der Waals surface area contributed by atoms with Gasteiger partial charge in [-0.2, -0.15) is 0 Å². The quantitative estimate of drug-likeness (QED) is 0.388. The summed E-state index contributed by atoms with van der Waals surface area (Å²) in [7, 11) is 0. The van der Waals surface area contributed by atoms with E-state index < -0.39 is 23.8 Å². The van der Waals surface area contributed by atoms with Gasteiger partial charge in [-0.25, -0.2) is 4.79 Å². The monoisotopic (exact) mass is 430 g/mol. The van der Waals surface area contributed by atoms with E-state index in [1.807, 2.05) is 50.3 Å². The van der Waals surface area contributed by atoms with E-state index in [1.165, 1.54) is 5.57 Å². The molecule has 0 amide bonds. The van der Waals surface area contributed by atoms with Gasteiger partial charge in [0.15, 0.2) is 0 Å². The third-order valence-corrected chi connectivity index (χ3v) is 6.40. The van der Waals surface area contributed by atoms with Crippen molar-refractivity contribution >= 4 is 5.97 Å². The Morgan fingerprint density at radius 1 is 1.29 bits per heavy atom. The Kier molecular flexibility index (Phi) is 7.92. The van der Waals surface area contributed by atoms with E-state index in [0.717, 1.165) is 19.3 Å². The second kappa shape index (κ2) is 10.4. The number of aliphatic hydroxyl groups excluding tert-OH is 2. The molecule has 170 valence electrons. The highest BCUT2D eigenvalue weighted by atomic mass is 16.5. The molecule has 2 aliphatic carbocycles. The fraction of sp³-hybridized carbons (Fsp3) is 0.560. The smallest absolute Gasteiger partial charge is 0.329 e. The van der Waals surface area contributed by atoms with Crippen LogP contribution in [0.2, 0.25) is 0 Å². The van der Waals surface area contributed by atoms with Gasteiger partial charge in [0, 0.05) is 5.92 Å². The highest BCUT2D eigenvalue weighted by Gasteiger charge is 2.41. The van der Waals surface area contributed by atoms with Crippen LogP contribution in [0.4, 0.5) is 0 Å². The molecular formula is C25H34O6. The molecular weight excluding hydrogens is 396 g/mol. The molecule has 0 aliphatic heterocycles. The topological polar surface area (TPSA) is 96.2 Å². The fourth-order valence-corrected chi connectivity index (χ4v) is 4.68. The summed E-state index contributed by atoms with van der Waals surface area (Å²) in [6.45, 7) is 3.84. The Labute approximate surface area is 184 Å². The van der Waals surface area contributed by atoms with E-state index in [1.54, 1.807) is 6.08 Å². The number of carboxylic acid groups (broad SMARTS) is 1. The van der Waals surface area contributed by atoms with Crippen LogP contribution in [-0.2, 0) is 9.53 Å². The second-order valence-electron chi connectivity index (χ2n) is 9.12. The first-order valence-corrected chi connectivity index (χ1v) is 11.0. The van der Waals surface area contributed by atoms with Crippen molar-refractivity contribution in [3.05, 3.63) is 54.1 Å². The summed E-state index contributed by atoms with van der Waals surface area (Å²) in [6, 6.07) is 9.43. The largest absolute Gasteiger partial charge is 0.485 e. The number of aliphatic carboxylic acids is 1. The number of rotatable bonds is 10. The zero-order chi connectivity index (χ0) is 22.4. The van der Waals surface area contributed by atoms with Gasteiger partial charge in [-0.3, -0.25) is 0 Å². The van der Waals surface area contributed by atoms with Gasteiger partial charge in [-0.05, 0) is 63.5 Å². The fourth-order valence-electron chi connectivity index (χ4n) is 4.68. The van der Waals surface area contributed by atoms with Crippen molar-refractivity contribution in [1.29, 1.82) is 0 Å². The molecule has 3 rings (SSSR count).